The third-order valence-electron chi connectivity index (χ3n) is 8.03. The predicted octanol–water partition coefficient (Wildman–Crippen LogP) is 3.46. The molecule has 4 unspecified atom stereocenters. The van der Waals surface area contributed by atoms with Crippen molar-refractivity contribution in [3.8, 4) is 5.75 Å². The van der Waals surface area contributed by atoms with E-state index in [1.165, 1.54) is 17.8 Å². The lowest BCUT2D eigenvalue weighted by molar-refractivity contribution is -0.260. The van der Waals surface area contributed by atoms with E-state index in [-0.39, 0.29) is 29.0 Å². The van der Waals surface area contributed by atoms with E-state index < -0.39 is 5.97 Å². The van der Waals surface area contributed by atoms with Gasteiger partial charge in [-0.2, -0.15) is 0 Å². The van der Waals surface area contributed by atoms with Crippen LogP contribution in [0.3, 0.4) is 0 Å². The number of fused-ring (bicyclic) bond motifs is 3. The molecule has 5 atom stereocenters. The summed E-state index contributed by atoms with van der Waals surface area (Å²) in [5.41, 5.74) is 1.06. The van der Waals surface area contributed by atoms with E-state index in [2.05, 4.69) is 20.4 Å². The Morgan fingerprint density at radius 2 is 2.16 bits per heavy atom. The van der Waals surface area contributed by atoms with Crippen molar-refractivity contribution in [3.63, 3.8) is 0 Å². The van der Waals surface area contributed by atoms with Gasteiger partial charge >= 0.3 is 5.97 Å². The Balaban J connectivity index is 1.44. The van der Waals surface area contributed by atoms with Crippen LogP contribution in [0.25, 0.3) is 0 Å². The molecule has 1 aromatic heterocycles. The Morgan fingerprint density at radius 3 is 2.90 bits per heavy atom. The second-order valence-electron chi connectivity index (χ2n) is 9.83. The minimum absolute atomic E-state index is 0.0275. The normalized spacial score (nSPS) is 35.2. The predicted molar refractivity (Wildman–Crippen MR) is 115 cm³/mol. The topological polar surface area (TPSA) is 87.0 Å². The first-order chi connectivity index (χ1) is 14.7. The third kappa shape index (κ3) is 4.05. The summed E-state index contributed by atoms with van der Waals surface area (Å²) in [6, 6.07) is 3.00. The lowest BCUT2D eigenvalue weighted by Crippen LogP contribution is -2.60. The zero-order valence-corrected chi connectivity index (χ0v) is 18.5. The highest BCUT2D eigenvalue weighted by atomic mass is 16.7. The Bertz CT molecular complexity index is 910. The molecular formula is C24H33NO6. The van der Waals surface area contributed by atoms with Gasteiger partial charge in [-0.25, -0.2) is 0 Å². The van der Waals surface area contributed by atoms with Gasteiger partial charge in [-0.15, -0.1) is 0 Å². The first-order valence-electron chi connectivity index (χ1n) is 11.2. The fraction of sp³-hybridized carbons (Fsp3) is 0.667. The van der Waals surface area contributed by atoms with Gasteiger partial charge in [-0.1, -0.05) is 26.0 Å². The van der Waals surface area contributed by atoms with Crippen molar-refractivity contribution >= 4 is 5.97 Å². The molecule has 0 spiro atoms. The van der Waals surface area contributed by atoms with Crippen molar-refractivity contribution in [1.29, 1.82) is 0 Å². The van der Waals surface area contributed by atoms with Crippen LogP contribution in [0.5, 0.6) is 5.75 Å². The van der Waals surface area contributed by atoms with Gasteiger partial charge in [0.1, 0.15) is 19.1 Å². The number of carboxylic acids is 1. The fourth-order valence-corrected chi connectivity index (χ4v) is 6.51. The number of hydrogen-bond donors (Lipinski definition) is 1. The fourth-order valence-electron chi connectivity index (χ4n) is 6.51. The number of rotatable bonds is 6. The van der Waals surface area contributed by atoms with Crippen LogP contribution < -0.4 is 10.3 Å². The summed E-state index contributed by atoms with van der Waals surface area (Å²) in [5.74, 6) is 0.277. The van der Waals surface area contributed by atoms with E-state index in [1.54, 1.807) is 6.07 Å². The zero-order valence-electron chi connectivity index (χ0n) is 18.5. The van der Waals surface area contributed by atoms with Crippen LogP contribution in [0.15, 0.2) is 35.3 Å². The van der Waals surface area contributed by atoms with E-state index in [0.29, 0.717) is 31.0 Å². The van der Waals surface area contributed by atoms with Crippen LogP contribution in [0.2, 0.25) is 0 Å². The van der Waals surface area contributed by atoms with E-state index in [1.807, 2.05) is 0 Å². The monoisotopic (exact) mass is 431 g/mol. The van der Waals surface area contributed by atoms with Crippen LogP contribution in [0.1, 0.15) is 46.0 Å². The maximum atomic E-state index is 12.1. The molecule has 1 saturated heterocycles. The molecule has 2 aliphatic carbocycles. The van der Waals surface area contributed by atoms with E-state index in [4.69, 9.17) is 19.3 Å². The molecule has 2 heterocycles. The first kappa shape index (κ1) is 22.1. The van der Waals surface area contributed by atoms with Crippen molar-refractivity contribution in [2.45, 2.75) is 58.6 Å². The van der Waals surface area contributed by atoms with Crippen molar-refractivity contribution in [2.24, 2.45) is 22.7 Å². The van der Waals surface area contributed by atoms with Gasteiger partial charge in [0.15, 0.2) is 0 Å². The lowest BCUT2D eigenvalue weighted by Gasteiger charge is -2.62. The number of carboxylic acid groups (broad SMARTS) is 1. The van der Waals surface area contributed by atoms with Gasteiger partial charge in [-0.3, -0.25) is 9.59 Å². The van der Waals surface area contributed by atoms with Gasteiger partial charge in [0.25, 0.3) is 5.56 Å². The Kier molecular flexibility index (Phi) is 6.01. The number of aliphatic carboxylic acids is 1. The first-order valence-corrected chi connectivity index (χ1v) is 11.2. The van der Waals surface area contributed by atoms with E-state index in [0.717, 1.165) is 43.3 Å². The molecule has 0 aromatic carbocycles. The SMILES string of the molecule is C=C1CCC2C(C)(CCC3OCOC[C@]32C)C1CCOc1ccn(CC(=O)O)c(=O)c1. The average molecular weight is 432 g/mol. The molecule has 170 valence electrons. The van der Waals surface area contributed by atoms with Crippen LogP contribution in [-0.2, 0) is 20.8 Å². The van der Waals surface area contributed by atoms with Crippen molar-refractivity contribution in [3.05, 3.63) is 40.8 Å². The van der Waals surface area contributed by atoms with Crippen molar-refractivity contribution < 1.29 is 24.1 Å². The highest BCUT2D eigenvalue weighted by Gasteiger charge is 2.59. The minimum atomic E-state index is -1.05. The molecule has 0 amide bonds. The number of hydrogen-bond acceptors (Lipinski definition) is 5. The summed E-state index contributed by atoms with van der Waals surface area (Å²) >= 11 is 0. The van der Waals surface area contributed by atoms with Crippen LogP contribution >= 0.6 is 0 Å². The van der Waals surface area contributed by atoms with Crippen LogP contribution in [-0.4, -0.2) is 41.8 Å². The van der Waals surface area contributed by atoms with E-state index in [9.17, 15) is 9.59 Å². The number of aromatic nitrogens is 1. The summed E-state index contributed by atoms with van der Waals surface area (Å²) in [6.45, 7) is 10.4. The largest absolute Gasteiger partial charge is 0.493 e. The Labute approximate surface area is 183 Å². The molecular weight excluding hydrogens is 398 g/mol. The number of nitrogens with zero attached hydrogens (tertiary/aromatic N) is 1. The standard InChI is InChI=1S/C24H33NO6/c1-16-4-5-19-23(2,9-6-20-24(19,3)14-29-15-31-20)18(16)8-11-30-17-7-10-25(13-22(27)28)21(26)12-17/h7,10,12,18-20H,1,4-6,8-9,11,13-15H2,2-3H3,(H,27,28)/t18?,19?,20?,23?,24-/m0/s1. The molecule has 7 heteroatoms. The average Bonchev–Trinajstić information content (AvgIpc) is 2.71. The molecule has 1 N–H and O–H groups in total. The molecule has 2 saturated carbocycles. The van der Waals surface area contributed by atoms with Gasteiger partial charge in [0.2, 0.25) is 0 Å². The highest BCUT2D eigenvalue weighted by Crippen LogP contribution is 2.62. The highest BCUT2D eigenvalue weighted by molar-refractivity contribution is 5.66. The smallest absolute Gasteiger partial charge is 0.323 e. The molecule has 1 aliphatic heterocycles. The van der Waals surface area contributed by atoms with Gasteiger partial charge < -0.3 is 23.9 Å². The van der Waals surface area contributed by atoms with Gasteiger partial charge in [-0.05, 0) is 55.4 Å². The number of carbonyl (C=O) groups is 1. The lowest BCUT2D eigenvalue weighted by atomic mass is 9.46. The third-order valence-corrected chi connectivity index (χ3v) is 8.03. The second-order valence-corrected chi connectivity index (χ2v) is 9.83. The van der Waals surface area contributed by atoms with Crippen LogP contribution in [0, 0.1) is 22.7 Å². The molecule has 4 rings (SSSR count). The van der Waals surface area contributed by atoms with Gasteiger partial charge in [0, 0.05) is 17.7 Å². The molecule has 0 radical (unpaired) electrons. The maximum Gasteiger partial charge on any atom is 0.323 e. The Morgan fingerprint density at radius 1 is 1.35 bits per heavy atom. The van der Waals surface area contributed by atoms with Crippen LogP contribution in [0.4, 0.5) is 0 Å². The molecule has 31 heavy (non-hydrogen) atoms. The zero-order chi connectivity index (χ0) is 22.2. The summed E-state index contributed by atoms with van der Waals surface area (Å²) in [4.78, 5) is 22.9. The second kappa shape index (κ2) is 8.43. The molecule has 3 aliphatic rings. The van der Waals surface area contributed by atoms with E-state index >= 15 is 0 Å². The summed E-state index contributed by atoms with van der Waals surface area (Å²) in [6.07, 6.45) is 6.85. The molecule has 7 nitrogen and oxygen atoms in total. The molecule has 1 aromatic rings. The molecule has 3 fully saturated rings. The Hall–Kier alpha value is -2.12. The number of allylic oxidation sites excluding steroid dienone is 1. The summed E-state index contributed by atoms with van der Waals surface area (Å²) < 4.78 is 18.8. The quantitative estimate of drug-likeness (QED) is 0.694. The molecule has 0 bridgehead atoms. The number of pyridine rings is 1. The van der Waals surface area contributed by atoms with Crippen molar-refractivity contribution in [2.75, 3.05) is 20.0 Å². The maximum absolute atomic E-state index is 12.1. The number of ether oxygens (including phenoxy) is 3. The summed E-state index contributed by atoms with van der Waals surface area (Å²) in [5, 5.41) is 8.87. The van der Waals surface area contributed by atoms with Crippen molar-refractivity contribution in [1.82, 2.24) is 4.57 Å². The minimum Gasteiger partial charge on any atom is -0.493 e. The van der Waals surface area contributed by atoms with Gasteiger partial charge in [0.05, 0.1) is 19.3 Å². The summed E-state index contributed by atoms with van der Waals surface area (Å²) in [7, 11) is 0.